The molecule has 0 radical (unpaired) electrons. The Morgan fingerprint density at radius 3 is 2.83 bits per heavy atom. The highest BCUT2D eigenvalue weighted by Gasteiger charge is 2.30. The zero-order valence-corrected chi connectivity index (χ0v) is 11.4. The first-order chi connectivity index (χ1) is 8.40. The summed E-state index contributed by atoms with van der Waals surface area (Å²) in [6, 6.07) is 3.43. The van der Waals surface area contributed by atoms with Crippen LogP contribution in [0.15, 0.2) is 21.2 Å². The summed E-state index contributed by atoms with van der Waals surface area (Å²) in [4.78, 5) is 11.1. The molecule has 0 bridgehead atoms. The lowest BCUT2D eigenvalue weighted by Gasteiger charge is -2.18. The van der Waals surface area contributed by atoms with Gasteiger partial charge in [0.15, 0.2) is 10.4 Å². The highest BCUT2D eigenvalue weighted by atomic mass is 79.9. The van der Waals surface area contributed by atoms with Gasteiger partial charge >= 0.3 is 5.97 Å². The Labute approximate surface area is 111 Å². The number of rotatable bonds is 4. The fourth-order valence-corrected chi connectivity index (χ4v) is 1.67. The number of carboxylic acids is 1. The Bertz CT molecular complexity index is 575. The van der Waals surface area contributed by atoms with E-state index in [1.165, 1.54) is 4.68 Å². The quantitative estimate of drug-likeness (QED) is 0.924. The maximum atomic E-state index is 11.1. The van der Waals surface area contributed by atoms with Crippen molar-refractivity contribution in [3.63, 3.8) is 0 Å². The number of tetrazole rings is 1. The van der Waals surface area contributed by atoms with Crippen LogP contribution in [0.1, 0.15) is 13.8 Å². The van der Waals surface area contributed by atoms with Crippen LogP contribution in [0.5, 0.6) is 0 Å². The maximum Gasteiger partial charge on any atom is 0.310 e. The summed E-state index contributed by atoms with van der Waals surface area (Å²) in [5.41, 5.74) is -0.964. The molecule has 0 aliphatic rings. The molecule has 0 spiro atoms. The number of carbonyl (C=O) groups is 1. The molecule has 0 aliphatic heterocycles. The molecule has 0 atom stereocenters. The number of halogens is 1. The molecule has 0 aliphatic carbocycles. The van der Waals surface area contributed by atoms with Crippen molar-refractivity contribution < 1.29 is 14.3 Å². The fraction of sp³-hybridized carbons (Fsp3) is 0.400. The zero-order chi connectivity index (χ0) is 13.3. The van der Waals surface area contributed by atoms with Gasteiger partial charge in [-0.2, -0.15) is 0 Å². The first-order valence-electron chi connectivity index (χ1n) is 5.15. The monoisotopic (exact) mass is 314 g/mol. The van der Waals surface area contributed by atoms with Gasteiger partial charge in [-0.05, 0) is 52.3 Å². The van der Waals surface area contributed by atoms with Crippen molar-refractivity contribution in [3.05, 3.63) is 16.8 Å². The van der Waals surface area contributed by atoms with Crippen LogP contribution in [-0.4, -0.2) is 31.3 Å². The Hall–Kier alpha value is -1.70. The van der Waals surface area contributed by atoms with Gasteiger partial charge in [0, 0.05) is 0 Å². The molecule has 0 unspecified atom stereocenters. The summed E-state index contributed by atoms with van der Waals surface area (Å²) in [7, 11) is 0. The molecule has 96 valence electrons. The third-order valence-corrected chi connectivity index (χ3v) is 2.88. The van der Waals surface area contributed by atoms with Gasteiger partial charge in [0.1, 0.15) is 0 Å². The van der Waals surface area contributed by atoms with Crippen molar-refractivity contribution in [1.82, 2.24) is 20.2 Å². The molecular formula is C10H11BrN4O3. The largest absolute Gasteiger partial charge is 0.481 e. The van der Waals surface area contributed by atoms with Crippen LogP contribution in [0.4, 0.5) is 0 Å². The van der Waals surface area contributed by atoms with E-state index in [1.54, 1.807) is 26.0 Å². The second-order valence-corrected chi connectivity index (χ2v) is 5.23. The average molecular weight is 315 g/mol. The number of carboxylic acid groups (broad SMARTS) is 1. The highest BCUT2D eigenvalue weighted by molar-refractivity contribution is 9.10. The van der Waals surface area contributed by atoms with Gasteiger partial charge in [0.2, 0.25) is 5.82 Å². The van der Waals surface area contributed by atoms with E-state index in [-0.39, 0.29) is 6.54 Å². The Morgan fingerprint density at radius 1 is 1.56 bits per heavy atom. The predicted octanol–water partition coefficient (Wildman–Crippen LogP) is 1.81. The van der Waals surface area contributed by atoms with Gasteiger partial charge in [-0.1, -0.05) is 0 Å². The topological polar surface area (TPSA) is 94.0 Å². The van der Waals surface area contributed by atoms with Crippen LogP contribution in [0.2, 0.25) is 0 Å². The van der Waals surface area contributed by atoms with Gasteiger partial charge in [-0.15, -0.1) is 5.10 Å². The van der Waals surface area contributed by atoms with E-state index in [0.717, 1.165) is 0 Å². The van der Waals surface area contributed by atoms with Crippen molar-refractivity contribution in [2.24, 2.45) is 5.41 Å². The lowest BCUT2D eigenvalue weighted by Crippen LogP contribution is -2.30. The molecule has 0 amide bonds. The first-order valence-corrected chi connectivity index (χ1v) is 5.95. The standard InChI is InChI=1S/C10H11BrN4O3/c1-10(2,9(16)17)5-15-8(12-13-14-15)6-3-4-7(11)18-6/h3-4H,5H2,1-2H3,(H,16,17). The number of aromatic nitrogens is 4. The second-order valence-electron chi connectivity index (χ2n) is 4.45. The second kappa shape index (κ2) is 4.52. The first kappa shape index (κ1) is 12.7. The molecule has 0 saturated carbocycles. The third kappa shape index (κ3) is 2.42. The van der Waals surface area contributed by atoms with Gasteiger partial charge in [0.05, 0.1) is 12.0 Å². The van der Waals surface area contributed by atoms with Crippen LogP contribution in [-0.2, 0) is 11.3 Å². The van der Waals surface area contributed by atoms with Crippen LogP contribution in [0, 0.1) is 5.41 Å². The van der Waals surface area contributed by atoms with Gasteiger partial charge in [0.25, 0.3) is 0 Å². The Morgan fingerprint density at radius 2 is 2.28 bits per heavy atom. The van der Waals surface area contributed by atoms with E-state index >= 15 is 0 Å². The average Bonchev–Trinajstić information content (AvgIpc) is 2.86. The summed E-state index contributed by atoms with van der Waals surface area (Å²) in [6.45, 7) is 3.38. The molecule has 1 N–H and O–H groups in total. The molecule has 8 heteroatoms. The van der Waals surface area contributed by atoms with E-state index in [9.17, 15) is 4.79 Å². The molecule has 2 aromatic heterocycles. The minimum absolute atomic E-state index is 0.156. The molecular weight excluding hydrogens is 304 g/mol. The minimum atomic E-state index is -0.964. The van der Waals surface area contributed by atoms with Crippen molar-refractivity contribution in [3.8, 4) is 11.6 Å². The highest BCUT2D eigenvalue weighted by Crippen LogP contribution is 2.25. The van der Waals surface area contributed by atoms with E-state index < -0.39 is 11.4 Å². The van der Waals surface area contributed by atoms with Crippen LogP contribution >= 0.6 is 15.9 Å². The summed E-state index contributed by atoms with van der Waals surface area (Å²) in [6.07, 6.45) is 0. The van der Waals surface area contributed by atoms with E-state index in [0.29, 0.717) is 16.3 Å². The number of hydrogen-bond acceptors (Lipinski definition) is 5. The SMILES string of the molecule is CC(C)(Cn1nnnc1-c1ccc(Br)o1)C(=O)O. The third-order valence-electron chi connectivity index (χ3n) is 2.45. The molecule has 2 rings (SSSR count). The Kier molecular flexibility index (Phi) is 3.20. The Balaban J connectivity index is 2.32. The summed E-state index contributed by atoms with van der Waals surface area (Å²) >= 11 is 3.19. The van der Waals surface area contributed by atoms with E-state index in [1.807, 2.05) is 0 Å². The normalized spacial score (nSPS) is 11.7. The number of furan rings is 1. The van der Waals surface area contributed by atoms with Crippen molar-refractivity contribution in [2.75, 3.05) is 0 Å². The van der Waals surface area contributed by atoms with E-state index in [4.69, 9.17) is 9.52 Å². The number of aliphatic carboxylic acids is 1. The lowest BCUT2D eigenvalue weighted by molar-refractivity contribution is -0.147. The molecule has 0 aromatic carbocycles. The van der Waals surface area contributed by atoms with Gasteiger partial charge < -0.3 is 9.52 Å². The minimum Gasteiger partial charge on any atom is -0.481 e. The van der Waals surface area contributed by atoms with Gasteiger partial charge in [-0.3, -0.25) is 4.79 Å². The summed E-state index contributed by atoms with van der Waals surface area (Å²) in [5.74, 6) is -0.0346. The predicted molar refractivity (Wildman–Crippen MR) is 64.6 cm³/mol. The van der Waals surface area contributed by atoms with Crippen LogP contribution in [0.3, 0.4) is 0 Å². The van der Waals surface area contributed by atoms with Crippen LogP contribution < -0.4 is 0 Å². The summed E-state index contributed by atoms with van der Waals surface area (Å²) in [5, 5.41) is 20.3. The smallest absolute Gasteiger partial charge is 0.310 e. The maximum absolute atomic E-state index is 11.1. The van der Waals surface area contributed by atoms with Crippen molar-refractivity contribution >= 4 is 21.9 Å². The van der Waals surface area contributed by atoms with Crippen LogP contribution in [0.25, 0.3) is 11.6 Å². The molecule has 0 fully saturated rings. The molecule has 2 aromatic rings. The molecule has 7 nitrogen and oxygen atoms in total. The van der Waals surface area contributed by atoms with E-state index in [2.05, 4.69) is 31.5 Å². The molecule has 18 heavy (non-hydrogen) atoms. The van der Waals surface area contributed by atoms with Crippen molar-refractivity contribution in [2.45, 2.75) is 20.4 Å². The lowest BCUT2D eigenvalue weighted by atomic mass is 9.94. The summed E-state index contributed by atoms with van der Waals surface area (Å²) < 4.78 is 7.33. The number of nitrogens with zero attached hydrogens (tertiary/aromatic N) is 4. The molecule has 0 saturated heterocycles. The fourth-order valence-electron chi connectivity index (χ4n) is 1.36. The van der Waals surface area contributed by atoms with Gasteiger partial charge in [-0.25, -0.2) is 4.68 Å². The number of hydrogen-bond donors (Lipinski definition) is 1. The van der Waals surface area contributed by atoms with Crippen molar-refractivity contribution in [1.29, 1.82) is 0 Å². The molecule has 2 heterocycles. The zero-order valence-electron chi connectivity index (χ0n) is 9.79.